The van der Waals surface area contributed by atoms with Crippen molar-refractivity contribution in [2.24, 2.45) is 0 Å². The van der Waals surface area contributed by atoms with Crippen LogP contribution in [0.4, 0.5) is 5.69 Å². The number of aromatic nitrogens is 1. The van der Waals surface area contributed by atoms with Crippen LogP contribution in [-0.4, -0.2) is 32.2 Å². The molecule has 0 bridgehead atoms. The Morgan fingerprint density at radius 1 is 1.17 bits per heavy atom. The van der Waals surface area contributed by atoms with Crippen LogP contribution in [0.5, 0.6) is 0 Å². The van der Waals surface area contributed by atoms with Gasteiger partial charge < -0.3 is 20.2 Å². The molecule has 0 radical (unpaired) electrons. The second kappa shape index (κ2) is 7.11. The summed E-state index contributed by atoms with van der Waals surface area (Å²) in [4.78, 5) is 14.4. The highest BCUT2D eigenvalue weighted by Gasteiger charge is 2.17. The summed E-state index contributed by atoms with van der Waals surface area (Å²) in [6.45, 7) is 3.47. The van der Waals surface area contributed by atoms with Crippen LogP contribution in [0, 0.1) is 5.21 Å². The van der Waals surface area contributed by atoms with Crippen LogP contribution in [0.25, 0.3) is 0 Å². The quantitative estimate of drug-likeness (QED) is 0.677. The topological polar surface area (TPSA) is 68.5 Å². The molecular weight excluding hydrogens is 294 g/mol. The SMILES string of the molecule is O=C(NCc1ccccc1N1CCOCC1)c1cccc[n+]1[O-]. The number of benzene rings is 1. The van der Waals surface area contributed by atoms with Crippen molar-refractivity contribution >= 4 is 11.6 Å². The van der Waals surface area contributed by atoms with Crippen LogP contribution in [-0.2, 0) is 11.3 Å². The lowest BCUT2D eigenvalue weighted by atomic mass is 10.1. The van der Waals surface area contributed by atoms with E-state index in [0.717, 1.165) is 24.3 Å². The minimum atomic E-state index is -0.377. The maximum absolute atomic E-state index is 12.2. The second-order valence-corrected chi connectivity index (χ2v) is 5.32. The van der Waals surface area contributed by atoms with Gasteiger partial charge in [0, 0.05) is 37.5 Å². The zero-order valence-electron chi connectivity index (χ0n) is 12.8. The standard InChI is InChI=1S/C17H19N3O3/c21-17(16-7-3-4-8-20(16)22)18-13-14-5-1-2-6-15(14)19-9-11-23-12-10-19/h1-8H,9-13H2,(H,18,21). The number of ether oxygens (including phenoxy) is 1. The first-order valence-corrected chi connectivity index (χ1v) is 7.63. The summed E-state index contributed by atoms with van der Waals surface area (Å²) in [5, 5.41) is 14.4. The molecule has 0 saturated carbocycles. The average molecular weight is 313 g/mol. The lowest BCUT2D eigenvalue weighted by molar-refractivity contribution is -0.607. The molecule has 6 heteroatoms. The number of nitrogens with one attached hydrogen (secondary N) is 1. The fourth-order valence-electron chi connectivity index (χ4n) is 2.64. The highest BCUT2D eigenvalue weighted by molar-refractivity contribution is 5.90. The van der Waals surface area contributed by atoms with E-state index in [-0.39, 0.29) is 11.6 Å². The fourth-order valence-corrected chi connectivity index (χ4v) is 2.64. The van der Waals surface area contributed by atoms with E-state index in [0.29, 0.717) is 24.5 Å². The first-order chi connectivity index (χ1) is 11.3. The summed E-state index contributed by atoms with van der Waals surface area (Å²) >= 11 is 0. The number of nitrogens with zero attached hydrogens (tertiary/aromatic N) is 2. The van der Waals surface area contributed by atoms with Crippen molar-refractivity contribution in [3.05, 3.63) is 65.1 Å². The van der Waals surface area contributed by atoms with Gasteiger partial charge in [0.25, 0.3) is 5.69 Å². The van der Waals surface area contributed by atoms with Gasteiger partial charge in [-0.1, -0.05) is 18.2 Å². The van der Waals surface area contributed by atoms with Gasteiger partial charge in [0.1, 0.15) is 0 Å². The zero-order chi connectivity index (χ0) is 16.1. The monoisotopic (exact) mass is 313 g/mol. The van der Waals surface area contributed by atoms with E-state index in [1.807, 2.05) is 24.3 Å². The number of carbonyl (C=O) groups is 1. The summed E-state index contributed by atoms with van der Waals surface area (Å²) in [6, 6.07) is 12.7. The molecule has 0 unspecified atom stereocenters. The summed E-state index contributed by atoms with van der Waals surface area (Å²) in [6.07, 6.45) is 1.32. The van der Waals surface area contributed by atoms with E-state index in [4.69, 9.17) is 4.74 Å². The van der Waals surface area contributed by atoms with Crippen LogP contribution >= 0.6 is 0 Å². The molecule has 1 N–H and O–H groups in total. The number of hydrogen-bond acceptors (Lipinski definition) is 4. The summed E-state index contributed by atoms with van der Waals surface area (Å²) in [5.41, 5.74) is 2.21. The van der Waals surface area contributed by atoms with Gasteiger partial charge in [-0.05, 0) is 17.7 Å². The van der Waals surface area contributed by atoms with Gasteiger partial charge in [-0.15, -0.1) is 0 Å². The molecule has 1 amide bonds. The van der Waals surface area contributed by atoms with Crippen molar-refractivity contribution in [1.82, 2.24) is 5.32 Å². The summed E-state index contributed by atoms with van der Waals surface area (Å²) in [5.74, 6) is -0.377. The zero-order valence-corrected chi connectivity index (χ0v) is 12.8. The van der Waals surface area contributed by atoms with Crippen molar-refractivity contribution in [1.29, 1.82) is 0 Å². The molecule has 120 valence electrons. The molecule has 6 nitrogen and oxygen atoms in total. The first-order valence-electron chi connectivity index (χ1n) is 7.63. The largest absolute Gasteiger partial charge is 0.618 e. The molecule has 2 aromatic rings. The Morgan fingerprint density at radius 3 is 2.70 bits per heavy atom. The van der Waals surface area contributed by atoms with Gasteiger partial charge in [-0.3, -0.25) is 4.79 Å². The first kappa shape index (κ1) is 15.3. The van der Waals surface area contributed by atoms with Gasteiger partial charge in [0.15, 0.2) is 6.20 Å². The predicted octanol–water partition coefficient (Wildman–Crippen LogP) is 1.09. The molecule has 3 rings (SSSR count). The Bertz CT molecular complexity index is 684. The molecule has 1 fully saturated rings. The van der Waals surface area contributed by atoms with E-state index in [1.165, 1.54) is 12.3 Å². The molecule has 1 aliphatic heterocycles. The Kier molecular flexibility index (Phi) is 4.73. The molecule has 0 atom stereocenters. The Balaban J connectivity index is 1.71. The maximum Gasteiger partial charge on any atom is 0.317 e. The molecule has 1 aliphatic rings. The van der Waals surface area contributed by atoms with E-state index < -0.39 is 0 Å². The lowest BCUT2D eigenvalue weighted by Gasteiger charge is -2.30. The number of anilines is 1. The smallest absolute Gasteiger partial charge is 0.317 e. The van der Waals surface area contributed by atoms with E-state index in [1.54, 1.807) is 12.1 Å². The number of carbonyl (C=O) groups excluding carboxylic acids is 1. The molecular formula is C17H19N3O3. The second-order valence-electron chi connectivity index (χ2n) is 5.32. The molecule has 2 heterocycles. The predicted molar refractivity (Wildman–Crippen MR) is 86.0 cm³/mol. The molecule has 1 saturated heterocycles. The highest BCUT2D eigenvalue weighted by Crippen LogP contribution is 2.21. The van der Waals surface area contributed by atoms with Gasteiger partial charge in [-0.25, -0.2) is 0 Å². The number of hydrogen-bond donors (Lipinski definition) is 1. The number of morpholine rings is 1. The highest BCUT2D eigenvalue weighted by atomic mass is 16.5. The van der Waals surface area contributed by atoms with Crippen molar-refractivity contribution in [2.75, 3.05) is 31.2 Å². The van der Waals surface area contributed by atoms with Crippen LogP contribution in [0.2, 0.25) is 0 Å². The third kappa shape index (κ3) is 3.60. The van der Waals surface area contributed by atoms with Crippen molar-refractivity contribution in [2.45, 2.75) is 6.54 Å². The van der Waals surface area contributed by atoms with E-state index in [2.05, 4.69) is 10.2 Å². The lowest BCUT2D eigenvalue weighted by Crippen LogP contribution is -2.39. The fraction of sp³-hybridized carbons (Fsp3) is 0.294. The van der Waals surface area contributed by atoms with Crippen LogP contribution < -0.4 is 14.9 Å². The third-order valence-electron chi connectivity index (χ3n) is 3.84. The number of amides is 1. The van der Waals surface area contributed by atoms with Crippen LogP contribution in [0.1, 0.15) is 16.1 Å². The van der Waals surface area contributed by atoms with E-state index >= 15 is 0 Å². The molecule has 1 aromatic carbocycles. The van der Waals surface area contributed by atoms with Crippen molar-refractivity contribution < 1.29 is 14.3 Å². The van der Waals surface area contributed by atoms with Gasteiger partial charge >= 0.3 is 5.91 Å². The normalized spacial score (nSPS) is 14.5. The number of para-hydroxylation sites is 1. The third-order valence-corrected chi connectivity index (χ3v) is 3.84. The molecule has 0 aliphatic carbocycles. The van der Waals surface area contributed by atoms with E-state index in [9.17, 15) is 10.0 Å². The van der Waals surface area contributed by atoms with Crippen molar-refractivity contribution in [3.63, 3.8) is 0 Å². The summed E-state index contributed by atoms with van der Waals surface area (Å²) < 4.78 is 5.95. The average Bonchev–Trinajstić information content (AvgIpc) is 2.61. The minimum Gasteiger partial charge on any atom is -0.618 e. The summed E-state index contributed by atoms with van der Waals surface area (Å²) in [7, 11) is 0. The van der Waals surface area contributed by atoms with Crippen molar-refractivity contribution in [3.8, 4) is 0 Å². The number of pyridine rings is 1. The molecule has 23 heavy (non-hydrogen) atoms. The van der Waals surface area contributed by atoms with Crippen LogP contribution in [0.15, 0.2) is 48.7 Å². The Hall–Kier alpha value is -2.60. The van der Waals surface area contributed by atoms with Gasteiger partial charge in [-0.2, -0.15) is 4.73 Å². The Morgan fingerprint density at radius 2 is 1.91 bits per heavy atom. The number of rotatable bonds is 4. The molecule has 0 spiro atoms. The Labute approximate surface area is 134 Å². The minimum absolute atomic E-state index is 0.0938. The van der Waals surface area contributed by atoms with Gasteiger partial charge in [0.2, 0.25) is 0 Å². The van der Waals surface area contributed by atoms with Crippen LogP contribution in [0.3, 0.4) is 0 Å². The maximum atomic E-state index is 12.2. The van der Waals surface area contributed by atoms with Gasteiger partial charge in [0.05, 0.1) is 13.2 Å². The molecule has 1 aromatic heterocycles.